The minimum atomic E-state index is -4.09. The molecule has 0 heterocycles. The Morgan fingerprint density at radius 3 is 2.63 bits per heavy atom. The van der Waals surface area contributed by atoms with Crippen LogP contribution in [0.15, 0.2) is 23.1 Å². The highest BCUT2D eigenvalue weighted by atomic mass is 35.5. The Morgan fingerprint density at radius 2 is 2.16 bits per heavy atom. The zero-order valence-corrected chi connectivity index (χ0v) is 11.6. The molecule has 1 atom stereocenters. The topological polar surface area (TPSA) is 110 Å². The van der Waals surface area contributed by atoms with Gasteiger partial charge in [-0.1, -0.05) is 18.5 Å². The normalized spacial score (nSPS) is 13.2. The summed E-state index contributed by atoms with van der Waals surface area (Å²) in [6.07, 6.45) is 0.358. The van der Waals surface area contributed by atoms with Gasteiger partial charge in [0.2, 0.25) is 10.0 Å². The van der Waals surface area contributed by atoms with Gasteiger partial charge in [0.05, 0.1) is 11.5 Å². The summed E-state index contributed by atoms with van der Waals surface area (Å²) in [4.78, 5) is 9.55. The molecule has 0 aromatic heterocycles. The fourth-order valence-electron chi connectivity index (χ4n) is 1.39. The predicted octanol–water partition coefficient (Wildman–Crippen LogP) is 1.30. The fraction of sp³-hybridized carbons (Fsp3) is 0.400. The third-order valence-corrected chi connectivity index (χ3v) is 4.25. The van der Waals surface area contributed by atoms with Gasteiger partial charge in [-0.2, -0.15) is 0 Å². The maximum absolute atomic E-state index is 12.0. The molecule has 1 aromatic carbocycles. The highest BCUT2D eigenvalue weighted by Crippen LogP contribution is 2.27. The van der Waals surface area contributed by atoms with Crippen molar-refractivity contribution >= 4 is 27.3 Å². The lowest BCUT2D eigenvalue weighted by Crippen LogP contribution is -2.37. The molecule has 2 N–H and O–H groups in total. The summed E-state index contributed by atoms with van der Waals surface area (Å²) in [5.74, 6) is 0. The number of aliphatic hydroxyl groups is 1. The van der Waals surface area contributed by atoms with Crippen molar-refractivity contribution in [2.75, 3.05) is 6.61 Å². The lowest BCUT2D eigenvalue weighted by atomic mass is 10.3. The molecule has 0 aliphatic carbocycles. The largest absolute Gasteiger partial charge is 0.395 e. The van der Waals surface area contributed by atoms with Crippen molar-refractivity contribution in [3.63, 3.8) is 0 Å². The summed E-state index contributed by atoms with van der Waals surface area (Å²) in [6, 6.07) is 2.59. The van der Waals surface area contributed by atoms with E-state index in [1.807, 2.05) is 0 Å². The molecule has 9 heteroatoms. The molecule has 0 radical (unpaired) electrons. The fourth-order valence-corrected chi connectivity index (χ4v) is 3.02. The quantitative estimate of drug-likeness (QED) is 0.608. The SMILES string of the molecule is CC[C@H](CO)NS(=O)(=O)c1ccc(Cl)cc1[N+](=O)[O-]. The predicted molar refractivity (Wildman–Crippen MR) is 69.6 cm³/mol. The van der Waals surface area contributed by atoms with E-state index in [-0.39, 0.29) is 5.02 Å². The van der Waals surface area contributed by atoms with E-state index in [0.29, 0.717) is 6.42 Å². The van der Waals surface area contributed by atoms with Gasteiger partial charge in [-0.15, -0.1) is 0 Å². The van der Waals surface area contributed by atoms with E-state index >= 15 is 0 Å². The first-order valence-corrected chi connectivity index (χ1v) is 7.25. The van der Waals surface area contributed by atoms with Crippen LogP contribution >= 0.6 is 11.6 Å². The number of nitrogens with zero attached hydrogens (tertiary/aromatic N) is 1. The van der Waals surface area contributed by atoms with Crippen LogP contribution in [-0.4, -0.2) is 31.1 Å². The van der Waals surface area contributed by atoms with Crippen LogP contribution in [0.1, 0.15) is 13.3 Å². The van der Waals surface area contributed by atoms with Crippen LogP contribution in [0, 0.1) is 10.1 Å². The van der Waals surface area contributed by atoms with Gasteiger partial charge in [0.15, 0.2) is 4.90 Å². The van der Waals surface area contributed by atoms with Crippen LogP contribution < -0.4 is 4.72 Å². The number of hydrogen-bond acceptors (Lipinski definition) is 5. The first kappa shape index (κ1) is 15.8. The molecule has 0 spiro atoms. The third kappa shape index (κ3) is 3.87. The summed E-state index contributed by atoms with van der Waals surface area (Å²) in [6.45, 7) is 1.29. The molecule has 0 aliphatic rings. The first-order chi connectivity index (χ1) is 8.81. The average Bonchev–Trinajstić information content (AvgIpc) is 2.35. The zero-order valence-electron chi connectivity index (χ0n) is 10.0. The minimum Gasteiger partial charge on any atom is -0.395 e. The molecule has 0 saturated carbocycles. The number of hydrogen-bond donors (Lipinski definition) is 2. The Morgan fingerprint density at radius 1 is 1.53 bits per heavy atom. The molecule has 0 unspecified atom stereocenters. The van der Waals surface area contributed by atoms with Crippen molar-refractivity contribution in [2.45, 2.75) is 24.3 Å². The molecule has 7 nitrogen and oxygen atoms in total. The molecule has 1 rings (SSSR count). The Kier molecular flexibility index (Phi) is 5.24. The van der Waals surface area contributed by atoms with Crippen molar-refractivity contribution < 1.29 is 18.4 Å². The highest BCUT2D eigenvalue weighted by Gasteiger charge is 2.27. The number of sulfonamides is 1. The lowest BCUT2D eigenvalue weighted by Gasteiger charge is -2.14. The number of benzene rings is 1. The number of aliphatic hydroxyl groups excluding tert-OH is 1. The second-order valence-corrected chi connectivity index (χ2v) is 5.90. The Bertz CT molecular complexity index is 571. The van der Waals surface area contributed by atoms with E-state index < -0.39 is 38.2 Å². The number of nitrogens with one attached hydrogen (secondary N) is 1. The van der Waals surface area contributed by atoms with E-state index in [1.165, 1.54) is 6.07 Å². The van der Waals surface area contributed by atoms with Crippen LogP contribution in [0.4, 0.5) is 5.69 Å². The Balaban J connectivity index is 3.25. The van der Waals surface area contributed by atoms with E-state index in [1.54, 1.807) is 6.92 Å². The standard InChI is InChI=1S/C10H13ClN2O5S/c1-2-8(6-14)12-19(17,18)10-4-3-7(11)5-9(10)13(15)16/h3-5,8,12,14H,2,6H2,1H3/t8-/m1/s1. The Hall–Kier alpha value is -1.22. The smallest absolute Gasteiger partial charge is 0.290 e. The number of halogens is 1. The highest BCUT2D eigenvalue weighted by molar-refractivity contribution is 7.89. The number of nitro groups is 1. The molecule has 0 saturated heterocycles. The number of rotatable bonds is 6. The second-order valence-electron chi connectivity index (χ2n) is 3.78. The van der Waals surface area contributed by atoms with Gasteiger partial charge in [-0.05, 0) is 18.6 Å². The maximum atomic E-state index is 12.0. The Labute approximate surface area is 115 Å². The van der Waals surface area contributed by atoms with E-state index in [0.717, 1.165) is 12.1 Å². The van der Waals surface area contributed by atoms with Crippen LogP contribution in [-0.2, 0) is 10.0 Å². The van der Waals surface area contributed by atoms with Gasteiger partial charge in [0, 0.05) is 17.1 Å². The van der Waals surface area contributed by atoms with Crippen molar-refractivity contribution in [3.8, 4) is 0 Å². The maximum Gasteiger partial charge on any atom is 0.290 e. The van der Waals surface area contributed by atoms with Crippen molar-refractivity contribution in [3.05, 3.63) is 33.3 Å². The van der Waals surface area contributed by atoms with Crippen LogP contribution in [0.25, 0.3) is 0 Å². The summed E-state index contributed by atoms with van der Waals surface area (Å²) >= 11 is 5.61. The molecule has 0 amide bonds. The molecular weight excluding hydrogens is 296 g/mol. The van der Waals surface area contributed by atoms with Gasteiger partial charge in [-0.3, -0.25) is 10.1 Å². The van der Waals surface area contributed by atoms with Crippen molar-refractivity contribution in [1.82, 2.24) is 4.72 Å². The summed E-state index contributed by atoms with van der Waals surface area (Å²) in [5.41, 5.74) is -0.604. The monoisotopic (exact) mass is 308 g/mol. The third-order valence-electron chi connectivity index (χ3n) is 2.44. The van der Waals surface area contributed by atoms with Crippen LogP contribution in [0.5, 0.6) is 0 Å². The molecule has 0 bridgehead atoms. The van der Waals surface area contributed by atoms with Crippen LogP contribution in [0.2, 0.25) is 5.02 Å². The zero-order chi connectivity index (χ0) is 14.6. The van der Waals surface area contributed by atoms with Gasteiger partial charge in [-0.25, -0.2) is 13.1 Å². The molecule has 0 aliphatic heterocycles. The lowest BCUT2D eigenvalue weighted by molar-refractivity contribution is -0.387. The minimum absolute atomic E-state index is 0.0693. The summed E-state index contributed by atoms with van der Waals surface area (Å²) in [5, 5.41) is 19.9. The molecule has 1 aromatic rings. The molecule has 19 heavy (non-hydrogen) atoms. The van der Waals surface area contributed by atoms with Gasteiger partial charge in [0.1, 0.15) is 0 Å². The first-order valence-electron chi connectivity index (χ1n) is 5.39. The molecular formula is C10H13ClN2O5S. The van der Waals surface area contributed by atoms with E-state index in [2.05, 4.69) is 4.72 Å². The van der Waals surface area contributed by atoms with Crippen molar-refractivity contribution in [1.29, 1.82) is 0 Å². The molecule has 106 valence electrons. The van der Waals surface area contributed by atoms with Gasteiger partial charge >= 0.3 is 0 Å². The van der Waals surface area contributed by atoms with Crippen molar-refractivity contribution in [2.24, 2.45) is 0 Å². The van der Waals surface area contributed by atoms with E-state index in [4.69, 9.17) is 16.7 Å². The van der Waals surface area contributed by atoms with E-state index in [9.17, 15) is 18.5 Å². The van der Waals surface area contributed by atoms with Crippen LogP contribution in [0.3, 0.4) is 0 Å². The molecule has 0 fully saturated rings. The van der Waals surface area contributed by atoms with Gasteiger partial charge < -0.3 is 5.11 Å². The number of nitro benzene ring substituents is 1. The van der Waals surface area contributed by atoms with Gasteiger partial charge in [0.25, 0.3) is 5.69 Å². The summed E-state index contributed by atoms with van der Waals surface area (Å²) < 4.78 is 26.3. The average molecular weight is 309 g/mol. The second kappa shape index (κ2) is 6.29. The summed E-state index contributed by atoms with van der Waals surface area (Å²) in [7, 11) is -4.09.